The minimum Gasteiger partial charge on any atom is -0.390 e. The third kappa shape index (κ3) is 8.99. The van der Waals surface area contributed by atoms with Crippen LogP contribution in [-0.2, 0) is 28.5 Å². The Bertz CT molecular complexity index is 1440. The molecule has 19 nitrogen and oxygen atoms in total. The summed E-state index contributed by atoms with van der Waals surface area (Å²) in [5.74, 6) is -1.05. The Morgan fingerprint density at radius 2 is 1.57 bits per heavy atom. The molecule has 3 fully saturated rings. The molecule has 49 heavy (non-hydrogen) atoms. The summed E-state index contributed by atoms with van der Waals surface area (Å²) >= 11 is 0. The van der Waals surface area contributed by atoms with E-state index in [-0.39, 0.29) is 5.92 Å². The molecular weight excluding hydrogens is 656 g/mol. The van der Waals surface area contributed by atoms with Crippen molar-refractivity contribution in [3.63, 3.8) is 0 Å². The lowest BCUT2D eigenvalue weighted by molar-refractivity contribution is -0.343. The van der Waals surface area contributed by atoms with Gasteiger partial charge in [0.1, 0.15) is 54.8 Å². The van der Waals surface area contributed by atoms with Crippen molar-refractivity contribution < 1.29 is 64.3 Å². The number of hydrogen-bond donors (Lipinski definition) is 10. The molecule has 0 saturated carbocycles. The maximum absolute atomic E-state index is 12.8. The largest absolute Gasteiger partial charge is 0.390 e. The summed E-state index contributed by atoms with van der Waals surface area (Å²) in [5, 5.41) is 80.7. The Balaban J connectivity index is 1.57. The third-order valence-electron chi connectivity index (χ3n) is 8.62. The molecule has 4 rings (SSSR count). The van der Waals surface area contributed by atoms with E-state index in [0.717, 1.165) is 23.8 Å². The van der Waals surface area contributed by atoms with Crippen molar-refractivity contribution in [1.29, 1.82) is 0 Å². The molecular formula is C30H46N4O15. The number of allylic oxidation sites excluding steroid dienone is 1. The Morgan fingerprint density at radius 3 is 2.20 bits per heavy atom. The first-order chi connectivity index (χ1) is 23.0. The molecule has 3 saturated heterocycles. The van der Waals surface area contributed by atoms with E-state index in [4.69, 9.17) is 18.9 Å². The maximum Gasteiger partial charge on any atom is 0.330 e. The van der Waals surface area contributed by atoms with Gasteiger partial charge >= 0.3 is 5.69 Å². The van der Waals surface area contributed by atoms with Crippen LogP contribution in [0.15, 0.2) is 34.0 Å². The predicted octanol–water partition coefficient (Wildman–Crippen LogP) is -4.57. The summed E-state index contributed by atoms with van der Waals surface area (Å²) < 4.78 is 24.0. The molecule has 19 heteroatoms. The number of aliphatic hydroxyl groups is 7. The summed E-state index contributed by atoms with van der Waals surface area (Å²) in [5.41, 5.74) is -1.66. The molecule has 4 heterocycles. The highest BCUT2D eigenvalue weighted by Gasteiger charge is 2.53. The van der Waals surface area contributed by atoms with Gasteiger partial charge in [-0.15, -0.1) is 0 Å². The second-order valence-electron chi connectivity index (χ2n) is 12.9. The highest BCUT2D eigenvalue weighted by molar-refractivity contribution is 5.87. The molecule has 1 aromatic rings. The maximum atomic E-state index is 12.8. The third-order valence-corrected chi connectivity index (χ3v) is 8.62. The van der Waals surface area contributed by atoms with E-state index in [1.54, 1.807) is 6.08 Å². The molecule has 15 unspecified atom stereocenters. The van der Waals surface area contributed by atoms with Crippen molar-refractivity contribution in [2.45, 2.75) is 132 Å². The summed E-state index contributed by atoms with van der Waals surface area (Å²) in [4.78, 5) is 50.5. The molecule has 0 spiro atoms. The zero-order valence-electron chi connectivity index (χ0n) is 27.3. The van der Waals surface area contributed by atoms with Gasteiger partial charge < -0.3 is 65.3 Å². The Labute approximate surface area is 280 Å². The molecule has 3 aliphatic rings. The van der Waals surface area contributed by atoms with Crippen molar-refractivity contribution in [1.82, 2.24) is 20.2 Å². The standard InChI is InChI=1S/C30H46N4O15/c1-11(2)6-5-7-16(37)32-19-23(42)21(40)15(47-29(19)49-28-18(31-13(4)35)22(41)20(39)12(3)46-28)10-14(36)26-24(43)25(44)27(48-26)34-9-8-17(38)33-30(34)45/h5,7-9,11-12,14-15,18-29,36,39-44H,6,10H2,1-4H3,(H,31,35)(H,32,37)(H,33,38,45)/b7-5+. The number of H-pyrrole nitrogens is 1. The lowest BCUT2D eigenvalue weighted by Crippen LogP contribution is -2.68. The topological polar surface area (TPSA) is 292 Å². The van der Waals surface area contributed by atoms with E-state index in [9.17, 15) is 54.9 Å². The molecule has 1 aromatic heterocycles. The molecule has 10 N–H and O–H groups in total. The number of nitrogens with one attached hydrogen (secondary N) is 3. The van der Waals surface area contributed by atoms with Gasteiger partial charge in [-0.2, -0.15) is 0 Å². The number of aromatic amines is 1. The van der Waals surface area contributed by atoms with Crippen molar-refractivity contribution in [2.24, 2.45) is 5.92 Å². The van der Waals surface area contributed by atoms with E-state index in [0.29, 0.717) is 6.42 Å². The molecule has 0 aromatic carbocycles. The zero-order chi connectivity index (χ0) is 36.3. The normalized spacial score (nSPS) is 38.9. The quantitative estimate of drug-likeness (QED) is 0.0972. The van der Waals surface area contributed by atoms with Crippen LogP contribution in [0.3, 0.4) is 0 Å². The van der Waals surface area contributed by atoms with E-state index in [2.05, 4.69) is 10.6 Å². The lowest BCUT2D eigenvalue weighted by atomic mass is 9.91. The van der Waals surface area contributed by atoms with Crippen molar-refractivity contribution in [2.75, 3.05) is 0 Å². The van der Waals surface area contributed by atoms with Crippen LogP contribution in [0.5, 0.6) is 0 Å². The highest BCUT2D eigenvalue weighted by atomic mass is 16.8. The van der Waals surface area contributed by atoms with Crippen molar-refractivity contribution in [3.05, 3.63) is 45.3 Å². The lowest BCUT2D eigenvalue weighted by Gasteiger charge is -2.47. The van der Waals surface area contributed by atoms with Gasteiger partial charge in [-0.3, -0.25) is 23.9 Å². The molecule has 276 valence electrons. The van der Waals surface area contributed by atoms with Crippen LogP contribution in [0.4, 0.5) is 0 Å². The van der Waals surface area contributed by atoms with Gasteiger partial charge in [0, 0.05) is 25.6 Å². The molecule has 0 bridgehead atoms. The number of carbonyl (C=O) groups excluding carboxylic acids is 2. The van der Waals surface area contributed by atoms with E-state index in [1.807, 2.05) is 18.8 Å². The minimum absolute atomic E-state index is 0.243. The van der Waals surface area contributed by atoms with Gasteiger partial charge in [0.25, 0.3) is 5.56 Å². The van der Waals surface area contributed by atoms with Crippen molar-refractivity contribution in [3.8, 4) is 0 Å². The first-order valence-electron chi connectivity index (χ1n) is 15.9. The second kappa shape index (κ2) is 16.3. The summed E-state index contributed by atoms with van der Waals surface area (Å²) in [6.45, 7) is 6.47. The number of amides is 2. The van der Waals surface area contributed by atoms with Gasteiger partial charge in [0.05, 0.1) is 18.3 Å². The number of carbonyl (C=O) groups is 2. The predicted molar refractivity (Wildman–Crippen MR) is 164 cm³/mol. The average molecular weight is 703 g/mol. The monoisotopic (exact) mass is 702 g/mol. The second-order valence-corrected chi connectivity index (χ2v) is 12.9. The van der Waals surface area contributed by atoms with Crippen LogP contribution in [0, 0.1) is 5.92 Å². The van der Waals surface area contributed by atoms with E-state index >= 15 is 0 Å². The molecule has 2 amide bonds. The van der Waals surface area contributed by atoms with Gasteiger partial charge in [0.15, 0.2) is 18.8 Å². The Kier molecular flexibility index (Phi) is 12.9. The number of nitrogens with zero attached hydrogens (tertiary/aromatic N) is 1. The summed E-state index contributed by atoms with van der Waals surface area (Å²) in [6, 6.07) is -1.84. The SMILES string of the molecule is CC(=O)NC1C(OC2OC(CC(O)C3OC(n4ccc(=O)[nH]c4=O)C(O)C3O)C(O)C(O)C2NC(=O)/C=C/CC(C)C)OC(C)C(O)C1O. The first kappa shape index (κ1) is 38.7. The van der Waals surface area contributed by atoms with Crippen LogP contribution in [0.2, 0.25) is 0 Å². The van der Waals surface area contributed by atoms with Crippen LogP contribution in [-0.4, -0.2) is 143 Å². The fraction of sp³-hybridized carbons (Fsp3) is 0.733. The van der Waals surface area contributed by atoms with Crippen molar-refractivity contribution >= 4 is 11.8 Å². The number of hydrogen-bond acceptors (Lipinski definition) is 15. The number of aromatic nitrogens is 2. The average Bonchev–Trinajstić information content (AvgIpc) is 3.31. The zero-order valence-corrected chi connectivity index (χ0v) is 27.3. The van der Waals surface area contributed by atoms with Crippen LogP contribution in [0.25, 0.3) is 0 Å². The fourth-order valence-corrected chi connectivity index (χ4v) is 5.95. The van der Waals surface area contributed by atoms with Gasteiger partial charge in [-0.25, -0.2) is 4.79 Å². The highest BCUT2D eigenvalue weighted by Crippen LogP contribution is 2.34. The fourth-order valence-electron chi connectivity index (χ4n) is 5.95. The van der Waals surface area contributed by atoms with E-state index < -0.39 is 121 Å². The van der Waals surface area contributed by atoms with Gasteiger partial charge in [-0.1, -0.05) is 19.9 Å². The van der Waals surface area contributed by atoms with Crippen LogP contribution < -0.4 is 21.9 Å². The smallest absolute Gasteiger partial charge is 0.330 e. The van der Waals surface area contributed by atoms with Gasteiger partial charge in [-0.05, 0) is 25.3 Å². The Hall–Kier alpha value is -3.08. The molecule has 0 aliphatic carbocycles. The summed E-state index contributed by atoms with van der Waals surface area (Å²) in [6.07, 6.45) is -16.7. The molecule has 15 atom stereocenters. The van der Waals surface area contributed by atoms with E-state index in [1.165, 1.54) is 13.0 Å². The van der Waals surface area contributed by atoms with Crippen LogP contribution >= 0.6 is 0 Å². The van der Waals surface area contributed by atoms with Gasteiger partial charge in [0.2, 0.25) is 11.8 Å². The Morgan fingerprint density at radius 1 is 0.939 bits per heavy atom. The van der Waals surface area contributed by atoms with Crippen LogP contribution in [0.1, 0.15) is 46.8 Å². The number of aliphatic hydroxyl groups excluding tert-OH is 7. The minimum atomic E-state index is -1.80. The number of ether oxygens (including phenoxy) is 4. The summed E-state index contributed by atoms with van der Waals surface area (Å²) in [7, 11) is 0. The number of rotatable bonds is 11. The molecule has 0 radical (unpaired) electrons. The first-order valence-corrected chi connectivity index (χ1v) is 15.9. The molecule has 3 aliphatic heterocycles.